The van der Waals surface area contributed by atoms with Crippen LogP contribution in [0.15, 0.2) is 30.3 Å². The van der Waals surface area contributed by atoms with Gasteiger partial charge in [-0.25, -0.2) is 4.79 Å². The van der Waals surface area contributed by atoms with Crippen LogP contribution in [0.5, 0.6) is 0 Å². The number of hydrogen-bond acceptors (Lipinski definition) is 4. The maximum atomic E-state index is 12.2. The van der Waals surface area contributed by atoms with E-state index in [4.69, 9.17) is 14.7 Å². The average molecular weight is 288 g/mol. The highest BCUT2D eigenvalue weighted by atomic mass is 16.6. The molecule has 0 radical (unpaired) electrons. The van der Waals surface area contributed by atoms with Gasteiger partial charge in [0.1, 0.15) is 6.61 Å². The van der Waals surface area contributed by atoms with E-state index in [2.05, 4.69) is 6.07 Å². The number of ether oxygens (including phenoxy) is 2. The van der Waals surface area contributed by atoms with E-state index in [0.29, 0.717) is 32.0 Å². The summed E-state index contributed by atoms with van der Waals surface area (Å²) in [5.41, 5.74) is 0.954. The van der Waals surface area contributed by atoms with E-state index in [1.165, 1.54) is 0 Å². The van der Waals surface area contributed by atoms with Crippen molar-refractivity contribution in [2.75, 3.05) is 26.3 Å². The van der Waals surface area contributed by atoms with Gasteiger partial charge in [0, 0.05) is 25.6 Å². The Balaban J connectivity index is 1.85. The van der Waals surface area contributed by atoms with Crippen molar-refractivity contribution in [3.8, 4) is 6.07 Å². The van der Waals surface area contributed by atoms with Gasteiger partial charge in [-0.1, -0.05) is 30.3 Å². The first-order valence-corrected chi connectivity index (χ1v) is 7.20. The Bertz CT molecular complexity index is 478. The van der Waals surface area contributed by atoms with Gasteiger partial charge in [0.2, 0.25) is 0 Å². The van der Waals surface area contributed by atoms with Crippen LogP contribution in [0.1, 0.15) is 18.4 Å². The van der Waals surface area contributed by atoms with Crippen LogP contribution in [0, 0.1) is 17.2 Å². The van der Waals surface area contributed by atoms with E-state index in [1.54, 1.807) is 4.90 Å². The lowest BCUT2D eigenvalue weighted by atomic mass is 10.1. The van der Waals surface area contributed by atoms with Crippen molar-refractivity contribution in [2.24, 2.45) is 5.92 Å². The minimum Gasteiger partial charge on any atom is -0.445 e. The lowest BCUT2D eigenvalue weighted by molar-refractivity contribution is 0.0890. The van der Waals surface area contributed by atoms with E-state index in [-0.39, 0.29) is 12.7 Å². The Labute approximate surface area is 125 Å². The van der Waals surface area contributed by atoms with Crippen LogP contribution >= 0.6 is 0 Å². The third-order valence-electron chi connectivity index (χ3n) is 3.46. The SMILES string of the molecule is N#CCCN(C[C@H]1CCOC1)C(=O)OCc1ccccc1. The average Bonchev–Trinajstić information content (AvgIpc) is 3.03. The summed E-state index contributed by atoms with van der Waals surface area (Å²) in [7, 11) is 0. The molecule has 1 heterocycles. The number of nitriles is 1. The van der Waals surface area contributed by atoms with E-state index in [1.807, 2.05) is 30.3 Å². The molecule has 0 unspecified atom stereocenters. The lowest BCUT2D eigenvalue weighted by Gasteiger charge is -2.23. The normalized spacial score (nSPS) is 17.2. The van der Waals surface area contributed by atoms with Crippen molar-refractivity contribution in [3.63, 3.8) is 0 Å². The molecule has 0 aliphatic carbocycles. The van der Waals surface area contributed by atoms with Crippen LogP contribution < -0.4 is 0 Å². The van der Waals surface area contributed by atoms with Gasteiger partial charge in [-0.05, 0) is 12.0 Å². The first-order valence-electron chi connectivity index (χ1n) is 7.20. The Morgan fingerprint density at radius 3 is 2.90 bits per heavy atom. The molecule has 0 aromatic heterocycles. The summed E-state index contributed by atoms with van der Waals surface area (Å²) in [5, 5.41) is 8.71. The largest absolute Gasteiger partial charge is 0.445 e. The summed E-state index contributed by atoms with van der Waals surface area (Å²) in [5.74, 6) is 0.341. The summed E-state index contributed by atoms with van der Waals surface area (Å²) in [6.07, 6.45) is 0.907. The number of hydrogen-bond donors (Lipinski definition) is 0. The van der Waals surface area contributed by atoms with Crippen molar-refractivity contribution < 1.29 is 14.3 Å². The summed E-state index contributed by atoms with van der Waals surface area (Å²) in [4.78, 5) is 13.8. The van der Waals surface area contributed by atoms with Gasteiger partial charge in [-0.15, -0.1) is 0 Å². The minimum absolute atomic E-state index is 0.254. The summed E-state index contributed by atoms with van der Waals surface area (Å²) >= 11 is 0. The fourth-order valence-corrected chi connectivity index (χ4v) is 2.29. The van der Waals surface area contributed by atoms with Gasteiger partial charge in [0.25, 0.3) is 0 Å². The number of carbonyl (C=O) groups is 1. The number of rotatable bonds is 6. The third-order valence-corrected chi connectivity index (χ3v) is 3.46. The fraction of sp³-hybridized carbons (Fsp3) is 0.500. The zero-order chi connectivity index (χ0) is 14.9. The Hall–Kier alpha value is -2.06. The van der Waals surface area contributed by atoms with E-state index in [9.17, 15) is 4.79 Å². The van der Waals surface area contributed by atoms with Crippen LogP contribution in [-0.2, 0) is 16.1 Å². The molecule has 0 saturated carbocycles. The van der Waals surface area contributed by atoms with Crippen molar-refractivity contribution in [2.45, 2.75) is 19.4 Å². The highest BCUT2D eigenvalue weighted by molar-refractivity contribution is 5.67. The molecule has 1 aliphatic rings. The zero-order valence-corrected chi connectivity index (χ0v) is 12.0. The highest BCUT2D eigenvalue weighted by Gasteiger charge is 2.23. The zero-order valence-electron chi connectivity index (χ0n) is 12.0. The minimum atomic E-state index is -0.360. The van der Waals surface area contributed by atoms with Crippen LogP contribution in [0.2, 0.25) is 0 Å². The molecule has 1 aromatic rings. The molecule has 5 nitrogen and oxygen atoms in total. The first kappa shape index (κ1) is 15.3. The Morgan fingerprint density at radius 1 is 1.43 bits per heavy atom. The first-order chi connectivity index (χ1) is 10.3. The smallest absolute Gasteiger partial charge is 0.410 e. The quantitative estimate of drug-likeness (QED) is 0.807. The molecule has 1 atom stereocenters. The summed E-state index contributed by atoms with van der Waals surface area (Å²) in [6.45, 7) is 2.67. The maximum Gasteiger partial charge on any atom is 0.410 e. The van der Waals surface area contributed by atoms with Gasteiger partial charge >= 0.3 is 6.09 Å². The van der Waals surface area contributed by atoms with E-state index in [0.717, 1.165) is 18.6 Å². The number of nitrogens with zero attached hydrogens (tertiary/aromatic N) is 2. The van der Waals surface area contributed by atoms with Crippen molar-refractivity contribution >= 4 is 6.09 Å². The van der Waals surface area contributed by atoms with Gasteiger partial charge in [0.05, 0.1) is 19.1 Å². The molecular formula is C16H20N2O3. The highest BCUT2D eigenvalue weighted by Crippen LogP contribution is 2.15. The second kappa shape index (κ2) is 8.28. The van der Waals surface area contributed by atoms with Crippen LogP contribution in [0.3, 0.4) is 0 Å². The molecule has 1 aliphatic heterocycles. The number of benzene rings is 1. The molecule has 112 valence electrons. The van der Waals surface area contributed by atoms with E-state index >= 15 is 0 Å². The van der Waals surface area contributed by atoms with Crippen LogP contribution in [0.4, 0.5) is 4.79 Å². The van der Waals surface area contributed by atoms with E-state index < -0.39 is 0 Å². The molecule has 0 spiro atoms. The molecule has 21 heavy (non-hydrogen) atoms. The fourth-order valence-electron chi connectivity index (χ4n) is 2.29. The second-order valence-electron chi connectivity index (χ2n) is 5.12. The lowest BCUT2D eigenvalue weighted by Crippen LogP contribution is -2.36. The molecule has 1 aromatic carbocycles. The van der Waals surface area contributed by atoms with Crippen molar-refractivity contribution in [1.82, 2.24) is 4.90 Å². The standard InChI is InChI=1S/C16H20N2O3/c17-8-4-9-18(11-15-7-10-20-12-15)16(19)21-13-14-5-2-1-3-6-14/h1-3,5-6,15H,4,7,9-13H2/t15-/m1/s1. The molecule has 5 heteroatoms. The number of carbonyl (C=O) groups excluding carboxylic acids is 1. The van der Waals surface area contributed by atoms with Crippen LogP contribution in [0.25, 0.3) is 0 Å². The molecule has 1 fully saturated rings. The molecule has 0 bridgehead atoms. The van der Waals surface area contributed by atoms with Crippen molar-refractivity contribution in [3.05, 3.63) is 35.9 Å². The maximum absolute atomic E-state index is 12.2. The third kappa shape index (κ3) is 5.09. The van der Waals surface area contributed by atoms with Gasteiger partial charge in [0.15, 0.2) is 0 Å². The number of amides is 1. The predicted octanol–water partition coefficient (Wildman–Crippen LogP) is 2.58. The molecule has 2 rings (SSSR count). The second-order valence-corrected chi connectivity index (χ2v) is 5.12. The summed E-state index contributed by atoms with van der Waals surface area (Å²) in [6, 6.07) is 11.6. The van der Waals surface area contributed by atoms with Crippen molar-refractivity contribution in [1.29, 1.82) is 5.26 Å². The molecule has 0 N–H and O–H groups in total. The Morgan fingerprint density at radius 2 is 2.24 bits per heavy atom. The topological polar surface area (TPSA) is 62.6 Å². The molecule has 1 saturated heterocycles. The van der Waals surface area contributed by atoms with Gasteiger partial charge in [-0.3, -0.25) is 0 Å². The Kier molecular flexibility index (Phi) is 6.04. The monoisotopic (exact) mass is 288 g/mol. The predicted molar refractivity (Wildman–Crippen MR) is 77.4 cm³/mol. The van der Waals surface area contributed by atoms with Crippen LogP contribution in [-0.4, -0.2) is 37.3 Å². The molecule has 1 amide bonds. The molecular weight excluding hydrogens is 268 g/mol. The summed E-state index contributed by atoms with van der Waals surface area (Å²) < 4.78 is 10.7. The van der Waals surface area contributed by atoms with Gasteiger partial charge < -0.3 is 14.4 Å². The van der Waals surface area contributed by atoms with Gasteiger partial charge in [-0.2, -0.15) is 5.26 Å².